The third kappa shape index (κ3) is 6.63. The highest BCUT2D eigenvalue weighted by Crippen LogP contribution is 2.29. The highest BCUT2D eigenvalue weighted by atomic mass is 16.6. The molecule has 8 nitrogen and oxygen atoms in total. The van der Waals surface area contributed by atoms with Crippen LogP contribution < -0.4 is 21.1 Å². The van der Waals surface area contributed by atoms with E-state index in [1.54, 1.807) is 33.1 Å². The summed E-state index contributed by atoms with van der Waals surface area (Å²) in [5.41, 5.74) is 6.54. The van der Waals surface area contributed by atoms with E-state index in [0.29, 0.717) is 18.8 Å². The van der Waals surface area contributed by atoms with Gasteiger partial charge >= 0.3 is 0 Å². The second kappa shape index (κ2) is 10.6. The predicted octanol–water partition coefficient (Wildman–Crippen LogP) is 1.16. The summed E-state index contributed by atoms with van der Waals surface area (Å²) >= 11 is 0. The van der Waals surface area contributed by atoms with Crippen molar-refractivity contribution < 1.29 is 23.9 Å². The summed E-state index contributed by atoms with van der Waals surface area (Å²) in [4.78, 5) is 38.7. The third-order valence-corrected chi connectivity index (χ3v) is 5.66. The first-order valence-corrected chi connectivity index (χ1v) is 10.9. The topological polar surface area (TPSA) is 123 Å². The summed E-state index contributed by atoms with van der Waals surface area (Å²) in [7, 11) is 1.57. The van der Waals surface area contributed by atoms with Crippen LogP contribution in [0.5, 0.6) is 5.75 Å². The van der Waals surface area contributed by atoms with Crippen LogP contribution in [0.1, 0.15) is 25.0 Å². The largest absolute Gasteiger partial charge is 0.497 e. The van der Waals surface area contributed by atoms with E-state index in [4.69, 9.17) is 15.2 Å². The van der Waals surface area contributed by atoms with Gasteiger partial charge in [0.15, 0.2) is 5.78 Å². The molecule has 0 bridgehead atoms. The number of nitrogens with one attached hydrogen (secondary N) is 2. The van der Waals surface area contributed by atoms with Crippen LogP contribution in [-0.2, 0) is 32.0 Å². The molecule has 2 amide bonds. The molecule has 0 aliphatic carbocycles. The van der Waals surface area contributed by atoms with Crippen LogP contribution in [0.25, 0.3) is 0 Å². The maximum atomic E-state index is 13.3. The molecule has 1 unspecified atom stereocenters. The van der Waals surface area contributed by atoms with Crippen LogP contribution in [-0.4, -0.2) is 55.0 Å². The Hall–Kier alpha value is -3.23. The summed E-state index contributed by atoms with van der Waals surface area (Å²) in [6.07, 6.45) is 0.551. The number of carbonyl (C=O) groups is 3. The quantitative estimate of drug-likeness (QED) is 0.439. The molecular weight excluding hydrogens is 422 g/mol. The fourth-order valence-electron chi connectivity index (χ4n) is 3.46. The van der Waals surface area contributed by atoms with E-state index in [9.17, 15) is 14.4 Å². The normalized spacial score (nSPS) is 19.6. The summed E-state index contributed by atoms with van der Waals surface area (Å²) in [6, 6.07) is 14.2. The van der Waals surface area contributed by atoms with E-state index in [1.165, 1.54) is 0 Å². The number of nitrogens with two attached hydrogens (primary N) is 1. The van der Waals surface area contributed by atoms with Crippen molar-refractivity contribution in [3.05, 3.63) is 65.7 Å². The van der Waals surface area contributed by atoms with Gasteiger partial charge in [-0.3, -0.25) is 14.4 Å². The average Bonchev–Trinajstić information content (AvgIpc) is 3.57. The monoisotopic (exact) mass is 453 g/mol. The van der Waals surface area contributed by atoms with Crippen molar-refractivity contribution in [1.29, 1.82) is 0 Å². The molecule has 0 radical (unpaired) electrons. The Morgan fingerprint density at radius 1 is 0.970 bits per heavy atom. The number of ketones is 1. The Bertz CT molecular complexity index is 971. The predicted molar refractivity (Wildman–Crippen MR) is 124 cm³/mol. The Balaban J connectivity index is 1.79. The van der Waals surface area contributed by atoms with Crippen molar-refractivity contribution in [2.24, 2.45) is 5.73 Å². The van der Waals surface area contributed by atoms with Gasteiger partial charge in [0.2, 0.25) is 11.8 Å². The molecule has 3 rings (SSSR count). The zero-order valence-electron chi connectivity index (χ0n) is 19.2. The maximum Gasteiger partial charge on any atom is 0.243 e. The summed E-state index contributed by atoms with van der Waals surface area (Å²) in [5, 5.41) is 5.56. The van der Waals surface area contributed by atoms with Crippen molar-refractivity contribution >= 4 is 17.6 Å². The van der Waals surface area contributed by atoms with Crippen LogP contribution in [0.15, 0.2) is 54.6 Å². The molecule has 1 aliphatic rings. The molecule has 4 N–H and O–H groups in total. The number of carbonyl (C=O) groups excluding carboxylic acids is 3. The molecule has 2 aromatic carbocycles. The molecule has 1 aliphatic heterocycles. The second-order valence-corrected chi connectivity index (χ2v) is 8.54. The zero-order chi connectivity index (χ0) is 24.0. The number of Topliss-reactive ketones (excluding diaryl/α,β-unsaturated/α-hetero) is 1. The maximum absolute atomic E-state index is 13.3. The SMILES string of the molecule is COc1ccc(C[C@H](NC(=O)[C@H](C)N)C(=O)N[C@@H](Cc2ccccc2)C(=O)C2(C)CO2)cc1. The number of methoxy groups -OCH3 is 1. The van der Waals surface area contributed by atoms with Crippen LogP contribution in [0.2, 0.25) is 0 Å². The molecular formula is C25H31N3O5. The summed E-state index contributed by atoms with van der Waals surface area (Å²) < 4.78 is 10.5. The minimum atomic E-state index is -0.907. The fraction of sp³-hybridized carbons (Fsp3) is 0.400. The second-order valence-electron chi connectivity index (χ2n) is 8.54. The number of benzene rings is 2. The van der Waals surface area contributed by atoms with Gasteiger partial charge in [0.25, 0.3) is 0 Å². The van der Waals surface area contributed by atoms with Crippen molar-refractivity contribution in [3.63, 3.8) is 0 Å². The van der Waals surface area contributed by atoms with Crippen molar-refractivity contribution in [3.8, 4) is 5.75 Å². The third-order valence-electron chi connectivity index (χ3n) is 5.66. The lowest BCUT2D eigenvalue weighted by atomic mass is 9.94. The molecule has 2 aromatic rings. The lowest BCUT2D eigenvalue weighted by Crippen LogP contribution is -2.56. The molecule has 0 saturated carbocycles. The number of hydrogen-bond acceptors (Lipinski definition) is 6. The summed E-state index contributed by atoms with van der Waals surface area (Å²) in [5.74, 6) is -0.419. The Morgan fingerprint density at radius 2 is 1.52 bits per heavy atom. The molecule has 8 heteroatoms. The molecule has 1 saturated heterocycles. The van der Waals surface area contributed by atoms with Gasteiger partial charge in [-0.2, -0.15) is 0 Å². The van der Waals surface area contributed by atoms with Crippen molar-refractivity contribution in [1.82, 2.24) is 10.6 Å². The number of rotatable bonds is 11. The van der Waals surface area contributed by atoms with E-state index in [0.717, 1.165) is 11.1 Å². The van der Waals surface area contributed by atoms with E-state index in [1.807, 2.05) is 42.5 Å². The molecule has 1 heterocycles. The van der Waals surface area contributed by atoms with Gasteiger partial charge in [0.1, 0.15) is 17.4 Å². The molecule has 0 spiro atoms. The van der Waals surface area contributed by atoms with E-state index < -0.39 is 35.5 Å². The molecule has 4 atom stereocenters. The average molecular weight is 454 g/mol. The first-order chi connectivity index (χ1) is 15.7. The van der Waals surface area contributed by atoms with Gasteiger partial charge in [0.05, 0.1) is 25.8 Å². The Labute approximate surface area is 193 Å². The minimum Gasteiger partial charge on any atom is -0.497 e. The first-order valence-electron chi connectivity index (χ1n) is 10.9. The Morgan fingerprint density at radius 3 is 2.06 bits per heavy atom. The van der Waals surface area contributed by atoms with Crippen molar-refractivity contribution in [2.45, 2.75) is 50.4 Å². The lowest BCUT2D eigenvalue weighted by Gasteiger charge is -2.25. The lowest BCUT2D eigenvalue weighted by molar-refractivity contribution is -0.133. The number of epoxide rings is 1. The van der Waals surface area contributed by atoms with Crippen LogP contribution in [0, 0.1) is 0 Å². The molecule has 176 valence electrons. The number of hydrogen-bond donors (Lipinski definition) is 3. The van der Waals surface area contributed by atoms with Gasteiger partial charge in [-0.1, -0.05) is 42.5 Å². The van der Waals surface area contributed by atoms with Crippen LogP contribution >= 0.6 is 0 Å². The standard InChI is InChI=1S/C25H31N3O5/c1-16(26)23(30)28-21(14-18-9-11-19(32-3)12-10-18)24(31)27-20(22(29)25(2)15-33-25)13-17-7-5-4-6-8-17/h4-12,16,20-21H,13-15,26H2,1-3H3,(H,27,31)(H,28,30)/t16-,20-,21-,25?/m0/s1. The number of ether oxygens (including phenoxy) is 2. The van der Waals surface area contributed by atoms with Crippen LogP contribution in [0.3, 0.4) is 0 Å². The fourth-order valence-corrected chi connectivity index (χ4v) is 3.46. The van der Waals surface area contributed by atoms with Crippen molar-refractivity contribution in [2.75, 3.05) is 13.7 Å². The van der Waals surface area contributed by atoms with Gasteiger partial charge in [-0.25, -0.2) is 0 Å². The number of amides is 2. The first kappa shape index (κ1) is 24.4. The molecule has 1 fully saturated rings. The smallest absolute Gasteiger partial charge is 0.243 e. The highest BCUT2D eigenvalue weighted by molar-refractivity contribution is 5.98. The van der Waals surface area contributed by atoms with E-state index in [2.05, 4.69) is 10.6 Å². The summed E-state index contributed by atoms with van der Waals surface area (Å²) in [6.45, 7) is 3.58. The van der Waals surface area contributed by atoms with Gasteiger partial charge in [-0.05, 0) is 43.5 Å². The van der Waals surface area contributed by atoms with Crippen LogP contribution in [0.4, 0.5) is 0 Å². The Kier molecular flexibility index (Phi) is 7.84. The van der Waals surface area contributed by atoms with E-state index >= 15 is 0 Å². The van der Waals surface area contributed by atoms with E-state index in [-0.39, 0.29) is 12.2 Å². The molecule has 33 heavy (non-hydrogen) atoms. The van der Waals surface area contributed by atoms with Gasteiger partial charge < -0.3 is 25.8 Å². The minimum absolute atomic E-state index is 0.193. The van der Waals surface area contributed by atoms with Gasteiger partial charge in [-0.15, -0.1) is 0 Å². The highest BCUT2D eigenvalue weighted by Gasteiger charge is 2.50. The van der Waals surface area contributed by atoms with Gasteiger partial charge in [0, 0.05) is 6.42 Å². The molecule has 0 aromatic heterocycles. The zero-order valence-corrected chi connectivity index (χ0v) is 19.2.